The topological polar surface area (TPSA) is 93.8 Å². The molecule has 0 fully saturated rings. The molecule has 3 aromatic carbocycles. The van der Waals surface area contributed by atoms with Crippen LogP contribution in [0.5, 0.6) is 5.75 Å². The Hall–Kier alpha value is -4.10. The van der Waals surface area contributed by atoms with Crippen molar-refractivity contribution in [2.75, 3.05) is 5.48 Å². The zero-order valence-corrected chi connectivity index (χ0v) is 21.6. The van der Waals surface area contributed by atoms with Gasteiger partial charge in [-0.3, -0.25) is 10.3 Å². The fourth-order valence-electron chi connectivity index (χ4n) is 3.97. The third-order valence-electron chi connectivity index (χ3n) is 6.15. The number of nitrogens with one attached hydrogen (secondary N) is 1. The molecule has 0 bridgehead atoms. The van der Waals surface area contributed by atoms with E-state index in [9.17, 15) is 9.90 Å². The highest BCUT2D eigenvalue weighted by Crippen LogP contribution is 2.26. The zero-order valence-electron chi connectivity index (χ0n) is 21.6. The molecule has 4 aromatic rings. The van der Waals surface area contributed by atoms with Crippen LogP contribution in [-0.4, -0.2) is 22.2 Å². The van der Waals surface area contributed by atoms with Crippen molar-refractivity contribution in [3.63, 3.8) is 0 Å². The van der Waals surface area contributed by atoms with E-state index in [1.807, 2.05) is 87.5 Å². The Morgan fingerprint density at radius 1 is 1.05 bits per heavy atom. The van der Waals surface area contributed by atoms with E-state index < -0.39 is 12.1 Å². The van der Waals surface area contributed by atoms with E-state index in [0.29, 0.717) is 24.5 Å². The molecular weight excluding hydrogens is 468 g/mol. The molecular formula is C30H32N2O5. The van der Waals surface area contributed by atoms with E-state index in [1.165, 1.54) is 5.56 Å². The summed E-state index contributed by atoms with van der Waals surface area (Å²) >= 11 is 0. The summed E-state index contributed by atoms with van der Waals surface area (Å²) in [6, 6.07) is 21.8. The maximum absolute atomic E-state index is 11.3. The number of oxazole rings is 1. The lowest BCUT2D eigenvalue weighted by Crippen LogP contribution is -2.26. The number of nitrogens with zero attached hydrogens (tertiary/aromatic N) is 1. The first-order valence-electron chi connectivity index (χ1n) is 12.3. The van der Waals surface area contributed by atoms with Crippen LogP contribution in [0.4, 0.5) is 5.69 Å². The maximum atomic E-state index is 11.3. The zero-order chi connectivity index (χ0) is 26.4. The van der Waals surface area contributed by atoms with Gasteiger partial charge in [0.25, 0.3) is 0 Å². The van der Waals surface area contributed by atoms with Crippen molar-refractivity contribution < 1.29 is 23.9 Å². The quantitative estimate of drug-likeness (QED) is 0.223. The second kappa shape index (κ2) is 11.8. The number of ether oxygens (including phenoxy) is 1. The molecule has 0 saturated carbocycles. The summed E-state index contributed by atoms with van der Waals surface area (Å²) in [5.41, 5.74) is 9.80. The third kappa shape index (κ3) is 6.57. The van der Waals surface area contributed by atoms with Crippen molar-refractivity contribution in [2.45, 2.75) is 53.2 Å². The molecule has 7 heteroatoms. The highest BCUT2D eigenvalue weighted by atomic mass is 16.6. The minimum Gasteiger partial charge on any atom is -0.479 e. The average Bonchev–Trinajstić information content (AvgIpc) is 3.25. The minimum atomic E-state index is -0.960. The number of aryl methyl sites for hydroxylation is 3. The van der Waals surface area contributed by atoms with E-state index in [1.54, 1.807) is 6.92 Å². The van der Waals surface area contributed by atoms with Crippen molar-refractivity contribution in [1.82, 2.24) is 4.98 Å². The Morgan fingerprint density at radius 2 is 1.81 bits per heavy atom. The Balaban J connectivity index is 1.40. The summed E-state index contributed by atoms with van der Waals surface area (Å²) in [5, 5.41) is 9.27. The third-order valence-corrected chi connectivity index (χ3v) is 6.15. The van der Waals surface area contributed by atoms with E-state index in [0.717, 1.165) is 39.4 Å². The molecule has 0 aliphatic heterocycles. The summed E-state index contributed by atoms with van der Waals surface area (Å²) in [5.74, 6) is 0.920. The van der Waals surface area contributed by atoms with Crippen LogP contribution in [0.1, 0.15) is 47.1 Å². The van der Waals surface area contributed by atoms with Crippen LogP contribution in [0.15, 0.2) is 71.1 Å². The summed E-state index contributed by atoms with van der Waals surface area (Å²) in [6.45, 7) is 7.89. The monoisotopic (exact) mass is 500 g/mol. The van der Waals surface area contributed by atoms with Gasteiger partial charge < -0.3 is 14.3 Å². The predicted octanol–water partition coefficient (Wildman–Crippen LogP) is 6.64. The molecule has 0 radical (unpaired) electrons. The molecule has 2 N–H and O–H groups in total. The number of aromatic nitrogens is 1. The normalized spacial score (nSPS) is 11.8. The molecule has 7 nitrogen and oxygen atoms in total. The Morgan fingerprint density at radius 3 is 2.51 bits per heavy atom. The fraction of sp³-hybridized carbons (Fsp3) is 0.267. The highest BCUT2D eigenvalue weighted by molar-refractivity contribution is 5.72. The molecule has 1 heterocycles. The summed E-state index contributed by atoms with van der Waals surface area (Å²) in [6.07, 6.45) is 0.217. The van der Waals surface area contributed by atoms with E-state index in [2.05, 4.69) is 10.5 Å². The van der Waals surface area contributed by atoms with E-state index >= 15 is 0 Å². The van der Waals surface area contributed by atoms with Crippen molar-refractivity contribution >= 4 is 11.7 Å². The fourth-order valence-corrected chi connectivity index (χ4v) is 3.97. The molecule has 192 valence electrons. The lowest BCUT2D eigenvalue weighted by molar-refractivity contribution is -0.145. The van der Waals surface area contributed by atoms with Crippen molar-refractivity contribution in [3.05, 3.63) is 100 Å². The van der Waals surface area contributed by atoms with Gasteiger partial charge in [0.15, 0.2) is 6.10 Å². The first-order chi connectivity index (χ1) is 17.8. The van der Waals surface area contributed by atoms with Gasteiger partial charge in [-0.15, -0.1) is 0 Å². The molecule has 0 aliphatic carbocycles. The van der Waals surface area contributed by atoms with Crippen molar-refractivity contribution in [3.8, 4) is 17.2 Å². The van der Waals surface area contributed by atoms with Gasteiger partial charge in [-0.25, -0.2) is 9.78 Å². The molecule has 0 saturated heterocycles. The van der Waals surface area contributed by atoms with Gasteiger partial charge in [0.05, 0.1) is 5.69 Å². The van der Waals surface area contributed by atoms with E-state index in [4.69, 9.17) is 14.0 Å². The number of hydrogen-bond donors (Lipinski definition) is 2. The second-order valence-corrected chi connectivity index (χ2v) is 9.07. The number of carboxylic acid groups (broad SMARTS) is 1. The van der Waals surface area contributed by atoms with Gasteiger partial charge >= 0.3 is 5.97 Å². The molecule has 0 amide bonds. The number of carboxylic acids is 1. The number of anilines is 1. The SMILES string of the molecule is CCC(Oc1ccc(Cc2ccccc2NOCc2nc(-c3ccc(C)cc3)oc2C)cc1C)C(=O)O. The van der Waals surface area contributed by atoms with Crippen LogP contribution >= 0.6 is 0 Å². The number of rotatable bonds is 11. The van der Waals surface area contributed by atoms with Gasteiger partial charge in [0, 0.05) is 5.56 Å². The molecule has 0 spiro atoms. The largest absolute Gasteiger partial charge is 0.479 e. The standard InChI is InChI=1S/C30H32N2O5/c1-5-27(30(33)34)37-28-15-12-22(16-20(28)3)17-24-8-6-7-9-25(24)32-35-18-26-21(4)36-29(31-26)23-13-10-19(2)11-14-23/h6-16,27,32H,5,17-18H2,1-4H3,(H,33,34). The summed E-state index contributed by atoms with van der Waals surface area (Å²) in [4.78, 5) is 21.7. The molecule has 1 aromatic heterocycles. The van der Waals surface area contributed by atoms with Crippen LogP contribution in [0.25, 0.3) is 11.5 Å². The Labute approximate surface area is 217 Å². The highest BCUT2D eigenvalue weighted by Gasteiger charge is 2.18. The number of aliphatic carboxylic acids is 1. The Kier molecular flexibility index (Phi) is 8.25. The van der Waals surface area contributed by atoms with Gasteiger partial charge in [-0.2, -0.15) is 0 Å². The van der Waals surface area contributed by atoms with Gasteiger partial charge in [-0.1, -0.05) is 55.0 Å². The molecule has 1 unspecified atom stereocenters. The number of benzene rings is 3. The average molecular weight is 501 g/mol. The Bertz CT molecular complexity index is 1360. The molecule has 1 atom stereocenters. The van der Waals surface area contributed by atoms with Crippen LogP contribution in [0.2, 0.25) is 0 Å². The van der Waals surface area contributed by atoms with Crippen LogP contribution < -0.4 is 10.2 Å². The predicted molar refractivity (Wildman–Crippen MR) is 143 cm³/mol. The summed E-state index contributed by atoms with van der Waals surface area (Å²) < 4.78 is 11.5. The molecule has 4 rings (SSSR count). The first-order valence-corrected chi connectivity index (χ1v) is 12.3. The number of carbonyl (C=O) groups is 1. The molecule has 0 aliphatic rings. The smallest absolute Gasteiger partial charge is 0.344 e. The number of hydrogen-bond acceptors (Lipinski definition) is 6. The van der Waals surface area contributed by atoms with Crippen LogP contribution in [0, 0.1) is 20.8 Å². The van der Waals surface area contributed by atoms with Gasteiger partial charge in [0.1, 0.15) is 23.8 Å². The second-order valence-electron chi connectivity index (χ2n) is 9.07. The van der Waals surface area contributed by atoms with Crippen LogP contribution in [-0.2, 0) is 22.7 Å². The number of para-hydroxylation sites is 1. The first kappa shape index (κ1) is 26.0. The lowest BCUT2D eigenvalue weighted by Gasteiger charge is -2.16. The van der Waals surface area contributed by atoms with E-state index in [-0.39, 0.29) is 6.61 Å². The maximum Gasteiger partial charge on any atom is 0.344 e. The van der Waals surface area contributed by atoms with Crippen molar-refractivity contribution in [1.29, 1.82) is 0 Å². The van der Waals surface area contributed by atoms with Gasteiger partial charge in [0.2, 0.25) is 5.89 Å². The molecule has 37 heavy (non-hydrogen) atoms. The lowest BCUT2D eigenvalue weighted by atomic mass is 10.0. The minimum absolute atomic E-state index is 0.253. The summed E-state index contributed by atoms with van der Waals surface area (Å²) in [7, 11) is 0. The van der Waals surface area contributed by atoms with Crippen molar-refractivity contribution in [2.24, 2.45) is 0 Å². The van der Waals surface area contributed by atoms with Gasteiger partial charge in [-0.05, 0) is 74.6 Å². The van der Waals surface area contributed by atoms with Crippen LogP contribution in [0.3, 0.4) is 0 Å².